The van der Waals surface area contributed by atoms with Crippen LogP contribution in [0.4, 0.5) is 0 Å². The Labute approximate surface area is 157 Å². The Morgan fingerprint density at radius 3 is 2.70 bits per heavy atom. The summed E-state index contributed by atoms with van der Waals surface area (Å²) in [6.07, 6.45) is -1.81. The number of ether oxygens (including phenoxy) is 4. The van der Waals surface area contributed by atoms with Crippen LogP contribution < -0.4 is 0 Å². The highest BCUT2D eigenvalue weighted by atomic mass is 32.2. The zero-order valence-electron chi connectivity index (χ0n) is 14.9. The van der Waals surface area contributed by atoms with Crippen molar-refractivity contribution in [2.24, 2.45) is 5.11 Å². The monoisotopic (exact) mass is 399 g/mol. The van der Waals surface area contributed by atoms with Gasteiger partial charge >= 0.3 is 0 Å². The first-order valence-electron chi connectivity index (χ1n) is 8.28. The van der Waals surface area contributed by atoms with Gasteiger partial charge in [-0.05, 0) is 5.53 Å². The predicted octanol–water partition coefficient (Wildman–Crippen LogP) is 1.89. The van der Waals surface area contributed by atoms with Gasteiger partial charge < -0.3 is 18.9 Å². The average molecular weight is 399 g/mol. The molecule has 10 nitrogen and oxygen atoms in total. The smallest absolute Gasteiger partial charge is 0.264 e. The molecule has 11 heteroatoms. The molecule has 0 radical (unpaired) electrons. The molecule has 0 aliphatic carbocycles. The van der Waals surface area contributed by atoms with Crippen LogP contribution in [0.3, 0.4) is 0 Å². The predicted molar refractivity (Wildman–Crippen MR) is 93.0 cm³/mol. The first kappa shape index (κ1) is 20.0. The zero-order chi connectivity index (χ0) is 19.5. The topological polar surface area (TPSA) is 129 Å². The van der Waals surface area contributed by atoms with E-state index in [4.69, 9.17) is 28.7 Å². The Hall–Kier alpha value is -1.72. The Bertz CT molecular complexity index is 799. The molecular weight excluding hydrogens is 378 g/mol. The minimum Gasteiger partial charge on any atom is -0.356 e. The Morgan fingerprint density at radius 1 is 1.33 bits per heavy atom. The molecule has 0 bridgehead atoms. The van der Waals surface area contributed by atoms with Crippen molar-refractivity contribution in [1.29, 1.82) is 0 Å². The van der Waals surface area contributed by atoms with Crippen molar-refractivity contribution >= 4 is 10.1 Å². The van der Waals surface area contributed by atoms with E-state index >= 15 is 0 Å². The van der Waals surface area contributed by atoms with Gasteiger partial charge in [-0.15, -0.1) is 0 Å². The molecule has 1 aromatic rings. The Kier molecular flexibility index (Phi) is 6.02. The lowest BCUT2D eigenvalue weighted by Crippen LogP contribution is -2.63. The van der Waals surface area contributed by atoms with Gasteiger partial charge in [-0.1, -0.05) is 35.4 Å². The van der Waals surface area contributed by atoms with Crippen LogP contribution in [0, 0.1) is 0 Å². The normalized spacial score (nSPS) is 33.7. The molecule has 148 valence electrons. The minimum absolute atomic E-state index is 0.0752. The average Bonchev–Trinajstić information content (AvgIpc) is 2.66. The summed E-state index contributed by atoms with van der Waals surface area (Å²) >= 11 is 0. The molecule has 5 atom stereocenters. The van der Waals surface area contributed by atoms with Crippen LogP contribution in [-0.2, 0) is 33.2 Å². The number of azide groups is 1. The number of benzene rings is 1. The summed E-state index contributed by atoms with van der Waals surface area (Å²) in [5.41, 5.74) is 8.58. The quantitative estimate of drug-likeness (QED) is 0.309. The molecule has 0 amide bonds. The summed E-state index contributed by atoms with van der Waals surface area (Å²) in [6, 6.07) is 9.25. The van der Waals surface area contributed by atoms with Gasteiger partial charge in [-0.25, -0.2) is 0 Å². The molecule has 0 saturated carbocycles. The van der Waals surface area contributed by atoms with Gasteiger partial charge in [-0.3, -0.25) is 4.18 Å². The maximum absolute atomic E-state index is 11.5. The summed E-state index contributed by atoms with van der Waals surface area (Å²) in [5, 5.41) is 3.88. The molecule has 1 aromatic carbocycles. The lowest BCUT2D eigenvalue weighted by Gasteiger charge is -2.50. The highest BCUT2D eigenvalue weighted by Gasteiger charge is 2.54. The lowest BCUT2D eigenvalue weighted by molar-refractivity contribution is -0.332. The first-order chi connectivity index (χ1) is 12.9. The fraction of sp³-hybridized carbons (Fsp3) is 0.625. The van der Waals surface area contributed by atoms with E-state index in [-0.39, 0.29) is 19.6 Å². The molecule has 0 spiro atoms. The summed E-state index contributed by atoms with van der Waals surface area (Å²) in [7, 11) is -2.31. The van der Waals surface area contributed by atoms with Crippen molar-refractivity contribution in [3.05, 3.63) is 46.3 Å². The van der Waals surface area contributed by atoms with E-state index in [1.54, 1.807) is 0 Å². The second-order valence-corrected chi connectivity index (χ2v) is 8.08. The van der Waals surface area contributed by atoms with Gasteiger partial charge in [-0.2, -0.15) is 8.42 Å². The summed E-state index contributed by atoms with van der Waals surface area (Å²) in [5.74, 6) is 0. The van der Waals surface area contributed by atoms with Crippen molar-refractivity contribution in [2.45, 2.75) is 36.7 Å². The fourth-order valence-corrected chi connectivity index (χ4v) is 3.67. The number of nitrogens with zero attached hydrogens (tertiary/aromatic N) is 3. The van der Waals surface area contributed by atoms with E-state index in [2.05, 4.69) is 10.0 Å². The second kappa shape index (κ2) is 8.11. The van der Waals surface area contributed by atoms with Crippen LogP contribution in [0.2, 0.25) is 0 Å². The molecule has 2 fully saturated rings. The van der Waals surface area contributed by atoms with Crippen molar-refractivity contribution in [1.82, 2.24) is 0 Å². The zero-order valence-corrected chi connectivity index (χ0v) is 15.7. The van der Waals surface area contributed by atoms with Crippen LogP contribution in [0.25, 0.3) is 10.4 Å². The van der Waals surface area contributed by atoms with Gasteiger partial charge in [0.25, 0.3) is 10.1 Å². The maximum Gasteiger partial charge on any atom is 0.264 e. The van der Waals surface area contributed by atoms with Crippen LogP contribution in [0.15, 0.2) is 35.4 Å². The van der Waals surface area contributed by atoms with Gasteiger partial charge in [0.05, 0.1) is 19.5 Å². The van der Waals surface area contributed by atoms with E-state index in [0.717, 1.165) is 11.8 Å². The Morgan fingerprint density at radius 2 is 2.07 bits per heavy atom. The van der Waals surface area contributed by atoms with E-state index in [0.29, 0.717) is 0 Å². The van der Waals surface area contributed by atoms with Gasteiger partial charge in [0, 0.05) is 24.0 Å². The molecular formula is C16H21N3O7S. The molecule has 2 aliphatic heterocycles. The fourth-order valence-electron chi connectivity index (χ4n) is 3.25. The van der Waals surface area contributed by atoms with Crippen LogP contribution in [0.5, 0.6) is 0 Å². The third kappa shape index (κ3) is 4.58. The second-order valence-electron chi connectivity index (χ2n) is 6.44. The minimum atomic E-state index is -3.76. The number of methoxy groups -OCH3 is 1. The lowest BCUT2D eigenvalue weighted by atomic mass is 9.83. The van der Waals surface area contributed by atoms with Crippen molar-refractivity contribution < 1.29 is 31.5 Å². The highest BCUT2D eigenvalue weighted by Crippen LogP contribution is 2.41. The third-order valence-corrected chi connectivity index (χ3v) is 5.04. The summed E-state index contributed by atoms with van der Waals surface area (Å²) in [4.78, 5) is 2.91. The van der Waals surface area contributed by atoms with Crippen LogP contribution in [0.1, 0.15) is 18.3 Å². The molecule has 3 rings (SSSR count). The summed E-state index contributed by atoms with van der Waals surface area (Å²) < 4.78 is 50.9. The van der Waals surface area contributed by atoms with Crippen molar-refractivity contribution in [3.63, 3.8) is 0 Å². The number of fused-ring (bicyclic) bond motifs is 1. The third-order valence-electron chi connectivity index (χ3n) is 4.50. The van der Waals surface area contributed by atoms with Gasteiger partial charge in [0.15, 0.2) is 12.6 Å². The first-order valence-corrected chi connectivity index (χ1v) is 10.1. The molecule has 2 saturated heterocycles. The van der Waals surface area contributed by atoms with E-state index in [1.165, 1.54) is 7.11 Å². The molecule has 2 heterocycles. The largest absolute Gasteiger partial charge is 0.356 e. The molecule has 2 aliphatic rings. The number of hydrogen-bond acceptors (Lipinski definition) is 8. The van der Waals surface area contributed by atoms with E-state index in [1.807, 2.05) is 30.3 Å². The van der Waals surface area contributed by atoms with E-state index < -0.39 is 40.4 Å². The van der Waals surface area contributed by atoms with Gasteiger partial charge in [0.1, 0.15) is 17.7 Å². The molecule has 0 N–H and O–H groups in total. The molecule has 27 heavy (non-hydrogen) atoms. The van der Waals surface area contributed by atoms with Crippen LogP contribution in [-0.4, -0.2) is 59.0 Å². The van der Waals surface area contributed by atoms with Crippen molar-refractivity contribution in [3.8, 4) is 0 Å². The molecule has 0 unspecified atom stereocenters. The van der Waals surface area contributed by atoms with E-state index in [9.17, 15) is 8.42 Å². The number of hydrogen-bond donors (Lipinski definition) is 0. The summed E-state index contributed by atoms with van der Waals surface area (Å²) in [6.45, 7) is -0.229. The highest BCUT2D eigenvalue weighted by molar-refractivity contribution is 7.85. The standard InChI is InChI=1S/C16H21N3O7S/c1-22-13-8-16(18-19-17,10-24-27(2,20)21)14-12(25-13)9-23-15(26-14)11-6-4-3-5-7-11/h3-7,12-15H,8-10H2,1-2H3/t12-,13+,14-,15-,16-/m1/s1. The Balaban J connectivity index is 1.93. The van der Waals surface area contributed by atoms with Crippen molar-refractivity contribution in [2.75, 3.05) is 26.6 Å². The van der Waals surface area contributed by atoms with Crippen LogP contribution >= 0.6 is 0 Å². The number of rotatable bonds is 6. The van der Waals surface area contributed by atoms with Gasteiger partial charge in [0.2, 0.25) is 0 Å². The maximum atomic E-state index is 11.5. The molecule has 0 aromatic heterocycles. The SMILES string of the molecule is CO[C@@H]1C[C@](COS(C)(=O)=O)(N=[N+]=[N-])[C@@H]2O[C@H](c3ccccc3)OC[C@H]2O1.